The van der Waals surface area contributed by atoms with E-state index in [1.807, 2.05) is 29.2 Å². The molecular formula is C23H31ClN4O2. The number of piperazine rings is 1. The molecule has 0 aliphatic carbocycles. The Morgan fingerprint density at radius 3 is 2.37 bits per heavy atom. The Hall–Kier alpha value is -2.28. The monoisotopic (exact) mass is 430 g/mol. The minimum atomic E-state index is -0.000615. The summed E-state index contributed by atoms with van der Waals surface area (Å²) in [6.07, 6.45) is 0. The first-order chi connectivity index (χ1) is 14.5. The Morgan fingerprint density at radius 2 is 1.70 bits per heavy atom. The molecule has 1 aliphatic heterocycles. The lowest BCUT2D eigenvalue weighted by atomic mass is 10.1. The van der Waals surface area contributed by atoms with Crippen LogP contribution in [-0.2, 0) is 13.1 Å². The van der Waals surface area contributed by atoms with Crippen LogP contribution in [0.1, 0.15) is 11.1 Å². The second-order valence-corrected chi connectivity index (χ2v) is 8.23. The maximum absolute atomic E-state index is 12.5. The number of rotatable bonds is 8. The molecule has 162 valence electrons. The third kappa shape index (κ3) is 6.90. The molecule has 0 saturated carbocycles. The number of urea groups is 1. The molecule has 30 heavy (non-hydrogen) atoms. The summed E-state index contributed by atoms with van der Waals surface area (Å²) in [4.78, 5) is 18.8. The Labute approximate surface area is 184 Å². The summed E-state index contributed by atoms with van der Waals surface area (Å²) < 4.78 is 5.76. The van der Waals surface area contributed by atoms with Gasteiger partial charge in [0, 0.05) is 45.8 Å². The predicted octanol–water partition coefficient (Wildman–Crippen LogP) is 3.31. The molecule has 2 aromatic carbocycles. The lowest BCUT2D eigenvalue weighted by Gasteiger charge is -2.34. The zero-order valence-electron chi connectivity index (χ0n) is 17.8. The van der Waals surface area contributed by atoms with Crippen LogP contribution in [-0.4, -0.2) is 74.2 Å². The summed E-state index contributed by atoms with van der Waals surface area (Å²) in [6, 6.07) is 15.9. The fraction of sp³-hybridized carbons (Fsp3) is 0.435. The minimum Gasteiger partial charge on any atom is -0.491 e. The fourth-order valence-electron chi connectivity index (χ4n) is 3.44. The van der Waals surface area contributed by atoms with Crippen LogP contribution in [0.15, 0.2) is 48.5 Å². The maximum Gasteiger partial charge on any atom is 0.317 e. The molecule has 2 aromatic rings. The first-order valence-corrected chi connectivity index (χ1v) is 10.7. The smallest absolute Gasteiger partial charge is 0.317 e. The van der Waals surface area contributed by atoms with E-state index in [2.05, 4.69) is 53.5 Å². The molecule has 7 heteroatoms. The van der Waals surface area contributed by atoms with Crippen molar-refractivity contribution in [2.75, 3.05) is 53.4 Å². The van der Waals surface area contributed by atoms with Gasteiger partial charge in [0.25, 0.3) is 0 Å². The van der Waals surface area contributed by atoms with E-state index in [9.17, 15) is 4.79 Å². The van der Waals surface area contributed by atoms with E-state index in [-0.39, 0.29) is 6.03 Å². The predicted molar refractivity (Wildman–Crippen MR) is 121 cm³/mol. The van der Waals surface area contributed by atoms with E-state index in [1.54, 1.807) is 0 Å². The quantitative estimate of drug-likeness (QED) is 0.698. The third-order valence-corrected chi connectivity index (χ3v) is 5.44. The average molecular weight is 431 g/mol. The van der Waals surface area contributed by atoms with Gasteiger partial charge < -0.3 is 19.9 Å². The molecule has 1 heterocycles. The van der Waals surface area contributed by atoms with Gasteiger partial charge in [-0.3, -0.25) is 4.90 Å². The van der Waals surface area contributed by atoms with Gasteiger partial charge in [0.15, 0.2) is 0 Å². The number of benzene rings is 2. The molecule has 0 atom stereocenters. The van der Waals surface area contributed by atoms with Crippen molar-refractivity contribution in [3.05, 3.63) is 64.7 Å². The molecular weight excluding hydrogens is 400 g/mol. The highest BCUT2D eigenvalue weighted by atomic mass is 35.5. The van der Waals surface area contributed by atoms with Crippen LogP contribution in [0, 0.1) is 0 Å². The van der Waals surface area contributed by atoms with E-state index in [4.69, 9.17) is 16.3 Å². The van der Waals surface area contributed by atoms with Crippen molar-refractivity contribution in [2.45, 2.75) is 13.1 Å². The molecule has 1 saturated heterocycles. The molecule has 6 nitrogen and oxygen atoms in total. The Bertz CT molecular complexity index is 805. The second-order valence-electron chi connectivity index (χ2n) is 7.82. The van der Waals surface area contributed by atoms with Crippen LogP contribution in [0.5, 0.6) is 5.75 Å². The first-order valence-electron chi connectivity index (χ1n) is 10.4. The summed E-state index contributed by atoms with van der Waals surface area (Å²) in [6.45, 7) is 6.00. The Morgan fingerprint density at radius 1 is 1.03 bits per heavy atom. The number of hydrogen-bond acceptors (Lipinski definition) is 4. The lowest BCUT2D eigenvalue weighted by molar-refractivity contribution is 0.126. The Kier molecular flexibility index (Phi) is 8.37. The van der Waals surface area contributed by atoms with E-state index in [0.717, 1.165) is 44.8 Å². The summed E-state index contributed by atoms with van der Waals surface area (Å²) >= 11 is 6.11. The summed E-state index contributed by atoms with van der Waals surface area (Å²) in [5.41, 5.74) is 2.38. The van der Waals surface area contributed by atoms with Crippen molar-refractivity contribution in [1.29, 1.82) is 0 Å². The highest BCUT2D eigenvalue weighted by Gasteiger charge is 2.20. The van der Waals surface area contributed by atoms with Crippen LogP contribution in [0.4, 0.5) is 4.79 Å². The van der Waals surface area contributed by atoms with E-state index in [0.29, 0.717) is 23.9 Å². The topological polar surface area (TPSA) is 48.1 Å². The van der Waals surface area contributed by atoms with Crippen molar-refractivity contribution in [2.24, 2.45) is 0 Å². The number of nitrogens with zero attached hydrogens (tertiary/aromatic N) is 3. The average Bonchev–Trinajstić information content (AvgIpc) is 2.74. The maximum atomic E-state index is 12.5. The van der Waals surface area contributed by atoms with Crippen molar-refractivity contribution < 1.29 is 9.53 Å². The fourth-order valence-corrected chi connectivity index (χ4v) is 3.63. The standard InChI is InChI=1S/C23H31ClN4O2/c1-26(2)18-20-9-7-19(8-10-20)17-25-23(29)28-13-11-27(12-14-28)15-16-30-22-6-4-3-5-21(22)24/h3-10H,11-18H2,1-2H3,(H,25,29). The SMILES string of the molecule is CN(C)Cc1ccc(CNC(=O)N2CCN(CCOc3ccccc3Cl)CC2)cc1. The molecule has 3 rings (SSSR count). The molecule has 0 radical (unpaired) electrons. The molecule has 0 aromatic heterocycles. The van der Waals surface area contributed by atoms with Gasteiger partial charge in [-0.2, -0.15) is 0 Å². The zero-order valence-corrected chi connectivity index (χ0v) is 18.6. The number of nitrogens with one attached hydrogen (secondary N) is 1. The zero-order chi connectivity index (χ0) is 21.3. The van der Waals surface area contributed by atoms with Gasteiger partial charge in [-0.25, -0.2) is 4.79 Å². The minimum absolute atomic E-state index is 0.000615. The summed E-state index contributed by atoms with van der Waals surface area (Å²) in [5, 5.41) is 3.66. The van der Waals surface area contributed by atoms with Crippen LogP contribution in [0.3, 0.4) is 0 Å². The highest BCUT2D eigenvalue weighted by Crippen LogP contribution is 2.22. The largest absolute Gasteiger partial charge is 0.491 e. The van der Waals surface area contributed by atoms with Gasteiger partial charge in [0.1, 0.15) is 12.4 Å². The van der Waals surface area contributed by atoms with Crippen molar-refractivity contribution in [3.63, 3.8) is 0 Å². The number of para-hydroxylation sites is 1. The van der Waals surface area contributed by atoms with Crippen LogP contribution >= 0.6 is 11.6 Å². The van der Waals surface area contributed by atoms with Gasteiger partial charge >= 0.3 is 6.03 Å². The van der Waals surface area contributed by atoms with Crippen LogP contribution < -0.4 is 10.1 Å². The van der Waals surface area contributed by atoms with Gasteiger partial charge in [0.05, 0.1) is 5.02 Å². The molecule has 1 aliphatic rings. The normalized spacial score (nSPS) is 14.7. The molecule has 2 amide bonds. The third-order valence-electron chi connectivity index (χ3n) is 5.13. The van der Waals surface area contributed by atoms with Crippen molar-refractivity contribution in [3.8, 4) is 5.75 Å². The van der Waals surface area contributed by atoms with Gasteiger partial charge in [-0.05, 0) is 37.4 Å². The number of carbonyl (C=O) groups is 1. The molecule has 0 spiro atoms. The van der Waals surface area contributed by atoms with E-state index in [1.165, 1.54) is 5.56 Å². The summed E-state index contributed by atoms with van der Waals surface area (Å²) in [7, 11) is 4.11. The number of carbonyl (C=O) groups excluding carboxylic acids is 1. The van der Waals surface area contributed by atoms with Gasteiger partial charge in [0.2, 0.25) is 0 Å². The second kappa shape index (κ2) is 11.2. The molecule has 0 unspecified atom stereocenters. The van der Waals surface area contributed by atoms with E-state index >= 15 is 0 Å². The van der Waals surface area contributed by atoms with Crippen LogP contribution in [0.2, 0.25) is 5.02 Å². The van der Waals surface area contributed by atoms with Crippen molar-refractivity contribution in [1.82, 2.24) is 20.0 Å². The number of hydrogen-bond donors (Lipinski definition) is 1. The Balaban J connectivity index is 1.34. The number of ether oxygens (including phenoxy) is 1. The molecule has 1 fully saturated rings. The van der Waals surface area contributed by atoms with E-state index < -0.39 is 0 Å². The lowest BCUT2D eigenvalue weighted by Crippen LogP contribution is -2.52. The highest BCUT2D eigenvalue weighted by molar-refractivity contribution is 6.32. The molecule has 1 N–H and O–H groups in total. The van der Waals surface area contributed by atoms with Gasteiger partial charge in [-0.1, -0.05) is 48.0 Å². The molecule has 0 bridgehead atoms. The summed E-state index contributed by atoms with van der Waals surface area (Å²) in [5.74, 6) is 0.715. The first kappa shape index (κ1) is 22.4. The number of amides is 2. The van der Waals surface area contributed by atoms with Gasteiger partial charge in [-0.15, -0.1) is 0 Å². The number of halogens is 1. The van der Waals surface area contributed by atoms with Crippen molar-refractivity contribution >= 4 is 17.6 Å². The van der Waals surface area contributed by atoms with Crippen LogP contribution in [0.25, 0.3) is 0 Å².